The smallest absolute Gasteiger partial charge is 0.137 e. The van der Waals surface area contributed by atoms with Crippen LogP contribution in [0, 0.1) is 5.82 Å². The first kappa shape index (κ1) is 14.8. The highest BCUT2D eigenvalue weighted by Crippen LogP contribution is 2.37. The molecule has 0 radical (unpaired) electrons. The number of nitrogens with zero attached hydrogens (tertiary/aromatic N) is 1. The van der Waals surface area contributed by atoms with Crippen molar-refractivity contribution in [3.8, 4) is 0 Å². The minimum atomic E-state index is -0.0741. The van der Waals surface area contributed by atoms with E-state index < -0.39 is 0 Å². The summed E-state index contributed by atoms with van der Waals surface area (Å²) in [6.07, 6.45) is 2.19. The molecule has 2 nitrogen and oxygen atoms in total. The van der Waals surface area contributed by atoms with Crippen LogP contribution in [-0.2, 0) is 0 Å². The van der Waals surface area contributed by atoms with Gasteiger partial charge in [0.25, 0.3) is 0 Å². The summed E-state index contributed by atoms with van der Waals surface area (Å²) >= 11 is 1.64. The Bertz CT molecular complexity index is 423. The quantitative estimate of drug-likeness (QED) is 0.892. The van der Waals surface area contributed by atoms with Crippen molar-refractivity contribution in [3.05, 3.63) is 29.6 Å². The van der Waals surface area contributed by atoms with Crippen molar-refractivity contribution in [2.75, 3.05) is 26.4 Å². The molecule has 1 aliphatic rings. The number of fused-ring (bicyclic) bond motifs is 1. The lowest BCUT2D eigenvalue weighted by molar-refractivity contribution is 0.345. The summed E-state index contributed by atoms with van der Waals surface area (Å²) in [6, 6.07) is 6.18. The van der Waals surface area contributed by atoms with Gasteiger partial charge in [-0.2, -0.15) is 0 Å². The number of thioether (sulfide) groups is 1. The first-order valence-electron chi connectivity index (χ1n) is 6.90. The summed E-state index contributed by atoms with van der Waals surface area (Å²) < 4.78 is 13.8. The highest BCUT2D eigenvalue weighted by Gasteiger charge is 2.23. The fraction of sp³-hybridized carbons (Fsp3) is 0.600. The van der Waals surface area contributed by atoms with Gasteiger partial charge in [-0.15, -0.1) is 11.8 Å². The number of halogens is 1. The molecular weight excluding hydrogens is 259 g/mol. The fourth-order valence-corrected chi connectivity index (χ4v) is 3.58. The van der Waals surface area contributed by atoms with Crippen LogP contribution in [0.5, 0.6) is 0 Å². The molecule has 1 aromatic carbocycles. The SMILES string of the molecule is CC(CCN(C)C)NC1CCSc2c(F)cccc21. The van der Waals surface area contributed by atoms with Crippen molar-refractivity contribution >= 4 is 11.8 Å². The van der Waals surface area contributed by atoms with Gasteiger partial charge in [-0.1, -0.05) is 12.1 Å². The lowest BCUT2D eigenvalue weighted by Gasteiger charge is -2.29. The number of hydrogen-bond donors (Lipinski definition) is 1. The van der Waals surface area contributed by atoms with Crippen LogP contribution in [0.4, 0.5) is 4.39 Å². The van der Waals surface area contributed by atoms with Gasteiger partial charge < -0.3 is 10.2 Å². The van der Waals surface area contributed by atoms with E-state index in [0.717, 1.165) is 35.6 Å². The standard InChI is InChI=1S/C15H23FN2S/c1-11(7-9-18(2)3)17-14-8-10-19-15-12(14)5-4-6-13(15)16/h4-6,11,14,17H,7-10H2,1-3H3. The molecule has 0 aromatic heterocycles. The van der Waals surface area contributed by atoms with Gasteiger partial charge in [-0.05, 0) is 57.8 Å². The maximum atomic E-state index is 13.8. The van der Waals surface area contributed by atoms with Crippen molar-refractivity contribution < 1.29 is 4.39 Å². The maximum absolute atomic E-state index is 13.8. The molecule has 1 aromatic rings. The normalized spacial score (nSPS) is 20.4. The monoisotopic (exact) mass is 282 g/mol. The molecule has 0 aliphatic carbocycles. The van der Waals surface area contributed by atoms with E-state index in [0.29, 0.717) is 12.1 Å². The molecule has 0 bridgehead atoms. The van der Waals surface area contributed by atoms with Crippen LogP contribution in [0.3, 0.4) is 0 Å². The zero-order valence-electron chi connectivity index (χ0n) is 11.9. The van der Waals surface area contributed by atoms with Gasteiger partial charge >= 0.3 is 0 Å². The van der Waals surface area contributed by atoms with Crippen LogP contribution in [0.25, 0.3) is 0 Å². The maximum Gasteiger partial charge on any atom is 0.137 e. The number of hydrogen-bond acceptors (Lipinski definition) is 3. The van der Waals surface area contributed by atoms with Gasteiger partial charge in [0.15, 0.2) is 0 Å². The first-order chi connectivity index (χ1) is 9.08. The molecule has 2 unspecified atom stereocenters. The molecule has 0 amide bonds. The van der Waals surface area contributed by atoms with Crippen LogP contribution in [0.1, 0.15) is 31.4 Å². The fourth-order valence-electron chi connectivity index (χ4n) is 2.44. The summed E-state index contributed by atoms with van der Waals surface area (Å²) in [6.45, 7) is 3.29. The number of nitrogens with one attached hydrogen (secondary N) is 1. The van der Waals surface area contributed by atoms with E-state index in [1.165, 1.54) is 0 Å². The molecule has 0 spiro atoms. The van der Waals surface area contributed by atoms with Crippen molar-refractivity contribution in [2.45, 2.75) is 36.7 Å². The minimum Gasteiger partial charge on any atom is -0.309 e. The Balaban J connectivity index is 2.01. The molecule has 2 atom stereocenters. The summed E-state index contributed by atoms with van der Waals surface area (Å²) in [5.74, 6) is 0.918. The Morgan fingerprint density at radius 2 is 2.26 bits per heavy atom. The average molecular weight is 282 g/mol. The van der Waals surface area contributed by atoms with Crippen LogP contribution < -0.4 is 5.32 Å². The minimum absolute atomic E-state index is 0.0741. The van der Waals surface area contributed by atoms with Gasteiger partial charge in [0.1, 0.15) is 5.82 Å². The molecule has 1 aliphatic heterocycles. The molecule has 0 saturated heterocycles. The summed E-state index contributed by atoms with van der Waals surface area (Å²) in [7, 11) is 4.18. The van der Waals surface area contributed by atoms with Crippen molar-refractivity contribution in [2.24, 2.45) is 0 Å². The zero-order valence-corrected chi connectivity index (χ0v) is 12.8. The third-order valence-electron chi connectivity index (χ3n) is 3.52. The second-order valence-electron chi connectivity index (χ2n) is 5.51. The van der Waals surface area contributed by atoms with Gasteiger partial charge in [-0.3, -0.25) is 0 Å². The molecule has 4 heteroatoms. The highest BCUT2D eigenvalue weighted by atomic mass is 32.2. The lowest BCUT2D eigenvalue weighted by Crippen LogP contribution is -2.34. The van der Waals surface area contributed by atoms with E-state index in [9.17, 15) is 4.39 Å². The molecule has 0 saturated carbocycles. The third kappa shape index (κ3) is 3.94. The van der Waals surface area contributed by atoms with E-state index in [1.54, 1.807) is 17.8 Å². The predicted octanol–water partition coefficient (Wildman–Crippen LogP) is 3.29. The van der Waals surface area contributed by atoms with E-state index >= 15 is 0 Å². The van der Waals surface area contributed by atoms with Crippen LogP contribution in [-0.4, -0.2) is 37.3 Å². The van der Waals surface area contributed by atoms with Crippen LogP contribution >= 0.6 is 11.8 Å². The zero-order chi connectivity index (χ0) is 13.8. The van der Waals surface area contributed by atoms with E-state index in [4.69, 9.17) is 0 Å². The molecule has 2 rings (SSSR count). The Morgan fingerprint density at radius 3 is 3.00 bits per heavy atom. The van der Waals surface area contributed by atoms with Crippen molar-refractivity contribution in [3.63, 3.8) is 0 Å². The van der Waals surface area contributed by atoms with Crippen LogP contribution in [0.15, 0.2) is 23.1 Å². The Labute approximate surface area is 119 Å². The highest BCUT2D eigenvalue weighted by molar-refractivity contribution is 7.99. The van der Waals surface area contributed by atoms with E-state index in [1.807, 2.05) is 6.07 Å². The summed E-state index contributed by atoms with van der Waals surface area (Å²) in [5.41, 5.74) is 1.13. The van der Waals surface area contributed by atoms with Crippen LogP contribution in [0.2, 0.25) is 0 Å². The van der Waals surface area contributed by atoms with Gasteiger partial charge in [0.05, 0.1) is 0 Å². The average Bonchev–Trinajstić information content (AvgIpc) is 2.38. The van der Waals surface area contributed by atoms with Gasteiger partial charge in [0, 0.05) is 17.0 Å². The van der Waals surface area contributed by atoms with Crippen molar-refractivity contribution in [1.82, 2.24) is 10.2 Å². The largest absolute Gasteiger partial charge is 0.309 e. The topological polar surface area (TPSA) is 15.3 Å². The lowest BCUT2D eigenvalue weighted by atomic mass is 10.0. The predicted molar refractivity (Wildman–Crippen MR) is 80.3 cm³/mol. The number of benzene rings is 1. The van der Waals surface area contributed by atoms with Gasteiger partial charge in [0.2, 0.25) is 0 Å². The summed E-state index contributed by atoms with van der Waals surface area (Å²) in [4.78, 5) is 3.04. The van der Waals surface area contributed by atoms with E-state index in [-0.39, 0.29) is 5.82 Å². The van der Waals surface area contributed by atoms with E-state index in [2.05, 4.69) is 37.3 Å². The Morgan fingerprint density at radius 1 is 1.47 bits per heavy atom. The Kier molecular flexibility index (Phi) is 5.25. The molecular formula is C15H23FN2S. The summed E-state index contributed by atoms with van der Waals surface area (Å²) in [5, 5.41) is 3.65. The second kappa shape index (κ2) is 6.73. The molecule has 0 fully saturated rings. The molecule has 1 N–H and O–H groups in total. The Hall–Kier alpha value is -0.580. The molecule has 106 valence electrons. The number of rotatable bonds is 5. The molecule has 19 heavy (non-hydrogen) atoms. The second-order valence-corrected chi connectivity index (χ2v) is 6.61. The molecule has 1 heterocycles. The first-order valence-corrected chi connectivity index (χ1v) is 7.88. The van der Waals surface area contributed by atoms with Gasteiger partial charge in [-0.25, -0.2) is 4.39 Å². The third-order valence-corrected chi connectivity index (χ3v) is 4.68. The van der Waals surface area contributed by atoms with Crippen molar-refractivity contribution in [1.29, 1.82) is 0 Å².